The van der Waals surface area contributed by atoms with Gasteiger partial charge in [0, 0.05) is 44.8 Å². The Labute approximate surface area is 276 Å². The summed E-state index contributed by atoms with van der Waals surface area (Å²) in [6.07, 6.45) is -5.28. The molecule has 2 heterocycles. The molecular weight excluding hydrogens is 623 g/mol. The summed E-state index contributed by atoms with van der Waals surface area (Å²) < 4.78 is 43.9. The smallest absolute Gasteiger partial charge is 0.386 e. The fraction of sp³-hybridized carbons (Fsp3) is 0.361. The molecule has 2 aliphatic rings. The largest absolute Gasteiger partial charge is 0.491 e. The van der Waals surface area contributed by atoms with Crippen molar-refractivity contribution in [3.8, 4) is 12.1 Å². The van der Waals surface area contributed by atoms with E-state index in [1.165, 1.54) is 0 Å². The molecule has 3 aromatic carbocycles. The minimum absolute atomic E-state index is 0.0458. The maximum atomic E-state index is 13.8. The van der Waals surface area contributed by atoms with E-state index in [2.05, 4.69) is 21.8 Å². The number of hydrogen-bond acceptors (Lipinski definition) is 8. The predicted octanol–water partition coefficient (Wildman–Crippen LogP) is 5.47. The molecule has 2 saturated heterocycles. The molecule has 0 unspecified atom stereocenters. The Balaban J connectivity index is 1.39. The zero-order valence-corrected chi connectivity index (χ0v) is 26.6. The Morgan fingerprint density at radius 2 is 1.31 bits per heavy atom. The summed E-state index contributed by atoms with van der Waals surface area (Å²) in [4.78, 5) is 44.8. The number of anilines is 2. The van der Waals surface area contributed by atoms with Gasteiger partial charge in [-0.05, 0) is 80.1 Å². The summed E-state index contributed by atoms with van der Waals surface area (Å²) in [7, 11) is 0. The van der Waals surface area contributed by atoms with Gasteiger partial charge in [-0.15, -0.1) is 0 Å². The molecule has 0 aromatic heterocycles. The lowest BCUT2D eigenvalue weighted by molar-refractivity contribution is -0.205. The van der Waals surface area contributed by atoms with Gasteiger partial charge in [0.15, 0.2) is 0 Å². The van der Waals surface area contributed by atoms with Crippen LogP contribution in [0.25, 0.3) is 0 Å². The van der Waals surface area contributed by atoms with Crippen molar-refractivity contribution in [3.05, 3.63) is 94.0 Å². The number of rotatable bonds is 6. The van der Waals surface area contributed by atoms with Crippen molar-refractivity contribution in [2.75, 3.05) is 49.1 Å². The Morgan fingerprint density at radius 3 is 1.83 bits per heavy atom. The van der Waals surface area contributed by atoms with Crippen LogP contribution in [0.1, 0.15) is 51.0 Å². The second-order valence-corrected chi connectivity index (χ2v) is 12.2. The molecule has 248 valence electrons. The molecule has 0 radical (unpaired) electrons. The van der Waals surface area contributed by atoms with E-state index in [0.29, 0.717) is 59.7 Å². The number of esters is 2. The van der Waals surface area contributed by atoms with Gasteiger partial charge in [-0.3, -0.25) is 9.59 Å². The van der Waals surface area contributed by atoms with Crippen molar-refractivity contribution < 1.29 is 32.3 Å². The zero-order chi connectivity index (χ0) is 34.6. The number of hydrogen-bond donors (Lipinski definition) is 0. The number of nitriles is 2. The molecule has 0 atom stereocenters. The van der Waals surface area contributed by atoms with Crippen molar-refractivity contribution >= 4 is 29.2 Å². The van der Waals surface area contributed by atoms with Crippen molar-refractivity contribution in [1.82, 2.24) is 4.90 Å². The van der Waals surface area contributed by atoms with Crippen LogP contribution >= 0.6 is 0 Å². The van der Waals surface area contributed by atoms with Crippen LogP contribution < -0.4 is 9.80 Å². The number of halogens is 3. The molecule has 3 aromatic rings. The number of alkyl halides is 3. The summed E-state index contributed by atoms with van der Waals surface area (Å²) >= 11 is 0. The Morgan fingerprint density at radius 1 is 0.792 bits per heavy atom. The van der Waals surface area contributed by atoms with Gasteiger partial charge >= 0.3 is 18.1 Å². The number of benzene rings is 3. The first kappa shape index (κ1) is 34.0. The van der Waals surface area contributed by atoms with Crippen molar-refractivity contribution in [2.24, 2.45) is 5.41 Å². The van der Waals surface area contributed by atoms with E-state index in [-0.39, 0.29) is 38.3 Å². The average Bonchev–Trinajstić information content (AvgIpc) is 3.09. The van der Waals surface area contributed by atoms with Gasteiger partial charge in [0.05, 0.1) is 27.9 Å². The van der Waals surface area contributed by atoms with Gasteiger partial charge < -0.3 is 19.4 Å². The van der Waals surface area contributed by atoms with Crippen LogP contribution in [0.3, 0.4) is 0 Å². The van der Waals surface area contributed by atoms with Crippen LogP contribution in [0.4, 0.5) is 24.5 Å². The third-order valence-electron chi connectivity index (χ3n) is 9.31. The fourth-order valence-corrected chi connectivity index (χ4v) is 6.57. The number of carbonyl (C=O) groups excluding carboxylic acids is 3. The molecule has 48 heavy (non-hydrogen) atoms. The highest BCUT2D eigenvalue weighted by molar-refractivity contribution is 5.96. The van der Waals surface area contributed by atoms with E-state index >= 15 is 0 Å². The standard InChI is InChI=1S/C36H34F3N5O4/c1-24-19-25(2)29(32(45)44-17-15-43(16-18-44)31-10-6-4-8-27(31)23-41)20-28(24)21-35(33(46)48-34(47)36(37,38)39)11-13-42(14-12-35)30-9-5-3-7-26(30)22-40/h3-10,19-20H,11-18,21H2,1-2H3. The minimum Gasteiger partial charge on any atom is -0.386 e. The molecular formula is C36H34F3N5O4. The van der Waals surface area contributed by atoms with E-state index in [9.17, 15) is 38.1 Å². The maximum Gasteiger partial charge on any atom is 0.491 e. The Bertz CT molecular complexity index is 1810. The summed E-state index contributed by atoms with van der Waals surface area (Å²) in [5, 5.41) is 19.1. The summed E-state index contributed by atoms with van der Waals surface area (Å²) in [5.74, 6) is -4.05. The van der Waals surface area contributed by atoms with E-state index in [1.807, 2.05) is 23.1 Å². The fourth-order valence-electron chi connectivity index (χ4n) is 6.57. The molecule has 0 saturated carbocycles. The number of aryl methyl sites for hydroxylation is 2. The molecule has 0 aliphatic carbocycles. The summed E-state index contributed by atoms with van der Waals surface area (Å²) in [6, 6.07) is 22.1. The van der Waals surface area contributed by atoms with Crippen molar-refractivity contribution in [2.45, 2.75) is 39.3 Å². The molecule has 2 aliphatic heterocycles. The van der Waals surface area contributed by atoms with Crippen LogP contribution in [-0.2, 0) is 20.7 Å². The zero-order valence-electron chi connectivity index (χ0n) is 26.6. The molecule has 5 rings (SSSR count). The molecule has 0 N–H and O–H groups in total. The third kappa shape index (κ3) is 6.98. The Kier molecular flexibility index (Phi) is 9.76. The minimum atomic E-state index is -5.34. The molecule has 12 heteroatoms. The van der Waals surface area contributed by atoms with E-state index < -0.39 is 23.5 Å². The van der Waals surface area contributed by atoms with Crippen molar-refractivity contribution in [3.63, 3.8) is 0 Å². The first-order chi connectivity index (χ1) is 22.9. The SMILES string of the molecule is Cc1cc(C)c(C(=O)N2CCN(c3ccccc3C#N)CC2)cc1CC1(C(=O)OC(=O)C(F)(F)F)CCN(c2ccccc2C#N)CC1. The van der Waals surface area contributed by atoms with E-state index in [4.69, 9.17) is 0 Å². The summed E-state index contributed by atoms with van der Waals surface area (Å²) in [5.41, 5.74) is 3.41. The first-order valence-electron chi connectivity index (χ1n) is 15.6. The van der Waals surface area contributed by atoms with Gasteiger partial charge in [-0.25, -0.2) is 4.79 Å². The quantitative estimate of drug-likeness (QED) is 0.253. The number of para-hydroxylation sites is 2. The number of amides is 1. The lowest BCUT2D eigenvalue weighted by Crippen LogP contribution is -2.49. The number of nitrogens with zero attached hydrogens (tertiary/aromatic N) is 5. The molecule has 9 nitrogen and oxygen atoms in total. The topological polar surface area (TPSA) is 118 Å². The second kappa shape index (κ2) is 13.8. The highest BCUT2D eigenvalue weighted by Crippen LogP contribution is 2.40. The number of piperazine rings is 1. The first-order valence-corrected chi connectivity index (χ1v) is 15.6. The second-order valence-electron chi connectivity index (χ2n) is 12.2. The van der Waals surface area contributed by atoms with Gasteiger partial charge in [-0.1, -0.05) is 30.3 Å². The lowest BCUT2D eigenvalue weighted by atomic mass is 9.72. The molecule has 1 amide bonds. The summed E-state index contributed by atoms with van der Waals surface area (Å²) in [6.45, 7) is 5.94. The highest BCUT2D eigenvalue weighted by atomic mass is 19.4. The normalized spacial score (nSPS) is 16.1. The Hall–Kier alpha value is -5.36. The number of ether oxygens (including phenoxy) is 1. The average molecular weight is 658 g/mol. The molecule has 0 bridgehead atoms. The highest BCUT2D eigenvalue weighted by Gasteiger charge is 2.49. The number of piperidine rings is 1. The van der Waals surface area contributed by atoms with Gasteiger partial charge in [0.1, 0.15) is 12.1 Å². The molecule has 2 fully saturated rings. The third-order valence-corrected chi connectivity index (χ3v) is 9.31. The van der Waals surface area contributed by atoms with E-state index in [0.717, 1.165) is 11.3 Å². The lowest BCUT2D eigenvalue weighted by Gasteiger charge is -2.41. The van der Waals surface area contributed by atoms with Crippen LogP contribution in [0.15, 0.2) is 60.7 Å². The maximum absolute atomic E-state index is 13.8. The van der Waals surface area contributed by atoms with Crippen LogP contribution in [0.5, 0.6) is 0 Å². The molecule has 0 spiro atoms. The van der Waals surface area contributed by atoms with E-state index in [1.54, 1.807) is 61.2 Å². The van der Waals surface area contributed by atoms with Crippen LogP contribution in [0, 0.1) is 41.9 Å². The van der Waals surface area contributed by atoms with Gasteiger partial charge in [-0.2, -0.15) is 23.7 Å². The van der Waals surface area contributed by atoms with Crippen LogP contribution in [-0.4, -0.2) is 68.2 Å². The van der Waals surface area contributed by atoms with Crippen LogP contribution in [0.2, 0.25) is 0 Å². The van der Waals surface area contributed by atoms with Gasteiger partial charge in [0.2, 0.25) is 0 Å². The van der Waals surface area contributed by atoms with Crippen molar-refractivity contribution in [1.29, 1.82) is 10.5 Å². The predicted molar refractivity (Wildman–Crippen MR) is 171 cm³/mol. The monoisotopic (exact) mass is 657 g/mol. The van der Waals surface area contributed by atoms with Gasteiger partial charge in [0.25, 0.3) is 5.91 Å². The number of carbonyl (C=O) groups is 3.